The van der Waals surface area contributed by atoms with Crippen molar-refractivity contribution < 1.29 is 18.7 Å². The largest absolute Gasteiger partial charge is 0.466 e. The van der Waals surface area contributed by atoms with E-state index < -0.39 is 0 Å². The average molecular weight is 322 g/mol. The van der Waals surface area contributed by atoms with Gasteiger partial charge in [0.05, 0.1) is 13.0 Å². The van der Waals surface area contributed by atoms with Gasteiger partial charge in [-0.1, -0.05) is 42.5 Å². The second-order valence-electron chi connectivity index (χ2n) is 5.59. The molecule has 1 heterocycles. The third kappa shape index (κ3) is 3.08. The monoisotopic (exact) mass is 322 g/mol. The summed E-state index contributed by atoms with van der Waals surface area (Å²) in [5.74, 6) is -0.401. The van der Waals surface area contributed by atoms with E-state index in [9.17, 15) is 9.59 Å². The minimum Gasteiger partial charge on any atom is -0.466 e. The number of hydrogen-bond donors (Lipinski definition) is 0. The second kappa shape index (κ2) is 6.71. The lowest BCUT2D eigenvalue weighted by atomic mass is 10.0. The van der Waals surface area contributed by atoms with Gasteiger partial charge in [0.1, 0.15) is 5.58 Å². The van der Waals surface area contributed by atoms with Crippen LogP contribution in [-0.2, 0) is 16.0 Å². The number of fused-ring (bicyclic) bond motifs is 1. The van der Waals surface area contributed by atoms with E-state index in [0.29, 0.717) is 23.3 Å². The Kier molecular flexibility index (Phi) is 4.47. The van der Waals surface area contributed by atoms with Crippen molar-refractivity contribution in [3.05, 3.63) is 71.0 Å². The van der Waals surface area contributed by atoms with Crippen LogP contribution >= 0.6 is 0 Å². The summed E-state index contributed by atoms with van der Waals surface area (Å²) in [4.78, 5) is 24.8. The summed E-state index contributed by atoms with van der Waals surface area (Å²) in [6, 6.07) is 14.6. The minimum absolute atomic E-state index is 0.0117. The van der Waals surface area contributed by atoms with Crippen LogP contribution in [0, 0.1) is 6.92 Å². The number of ether oxygens (including phenoxy) is 1. The van der Waals surface area contributed by atoms with Crippen LogP contribution in [0.5, 0.6) is 0 Å². The van der Waals surface area contributed by atoms with E-state index in [-0.39, 0.29) is 23.9 Å². The number of carbonyl (C=O) groups is 2. The van der Waals surface area contributed by atoms with Crippen LogP contribution in [0.3, 0.4) is 0 Å². The van der Waals surface area contributed by atoms with Crippen molar-refractivity contribution in [2.24, 2.45) is 0 Å². The SMILES string of the molecule is CCOC(=O)Cc1c(C(=O)c2ccccc2)oc2cc(C)ccc12. The van der Waals surface area contributed by atoms with Crippen LogP contribution in [0.4, 0.5) is 0 Å². The van der Waals surface area contributed by atoms with Crippen molar-refractivity contribution in [1.82, 2.24) is 0 Å². The highest BCUT2D eigenvalue weighted by Crippen LogP contribution is 2.29. The summed E-state index contributed by atoms with van der Waals surface area (Å²) in [5.41, 5.74) is 2.74. The quantitative estimate of drug-likeness (QED) is 0.525. The zero-order chi connectivity index (χ0) is 17.1. The molecule has 1 aromatic heterocycles. The maximum atomic E-state index is 12.8. The number of benzene rings is 2. The van der Waals surface area contributed by atoms with Crippen molar-refractivity contribution in [2.45, 2.75) is 20.3 Å². The molecule has 4 heteroatoms. The second-order valence-corrected chi connectivity index (χ2v) is 5.59. The molecule has 24 heavy (non-hydrogen) atoms. The molecule has 0 atom stereocenters. The fourth-order valence-corrected chi connectivity index (χ4v) is 2.69. The predicted molar refractivity (Wildman–Crippen MR) is 91.2 cm³/mol. The molecular formula is C20H18O4. The van der Waals surface area contributed by atoms with Crippen molar-refractivity contribution in [3.8, 4) is 0 Å². The van der Waals surface area contributed by atoms with Gasteiger partial charge in [-0.15, -0.1) is 0 Å². The maximum absolute atomic E-state index is 12.8. The standard InChI is InChI=1S/C20H18O4/c1-3-23-18(21)12-16-15-10-9-13(2)11-17(15)24-20(16)19(22)14-7-5-4-6-8-14/h4-11H,3,12H2,1-2H3. The lowest BCUT2D eigenvalue weighted by Crippen LogP contribution is -2.11. The van der Waals surface area contributed by atoms with Crippen molar-refractivity contribution in [1.29, 1.82) is 0 Å². The van der Waals surface area contributed by atoms with Crippen LogP contribution in [0.1, 0.15) is 34.2 Å². The van der Waals surface area contributed by atoms with E-state index in [1.807, 2.05) is 31.2 Å². The van der Waals surface area contributed by atoms with Crippen molar-refractivity contribution >= 4 is 22.7 Å². The van der Waals surface area contributed by atoms with Gasteiger partial charge >= 0.3 is 5.97 Å². The van der Waals surface area contributed by atoms with Crippen LogP contribution in [0.15, 0.2) is 52.9 Å². The summed E-state index contributed by atoms with van der Waals surface area (Å²) in [7, 11) is 0. The lowest BCUT2D eigenvalue weighted by Gasteiger charge is -2.03. The Morgan fingerprint density at radius 3 is 2.54 bits per heavy atom. The Morgan fingerprint density at radius 2 is 1.83 bits per heavy atom. The molecular weight excluding hydrogens is 304 g/mol. The van der Waals surface area contributed by atoms with Crippen LogP contribution in [0.25, 0.3) is 11.0 Å². The Labute approximate surface area is 140 Å². The number of furan rings is 1. The molecule has 0 N–H and O–H groups in total. The van der Waals surface area contributed by atoms with E-state index in [0.717, 1.165) is 10.9 Å². The Bertz CT molecular complexity index is 891. The topological polar surface area (TPSA) is 56.5 Å². The van der Waals surface area contributed by atoms with Gasteiger partial charge in [0.15, 0.2) is 5.76 Å². The smallest absolute Gasteiger partial charge is 0.310 e. The summed E-state index contributed by atoms with van der Waals surface area (Å²) in [6.45, 7) is 4.01. The molecule has 0 aliphatic rings. The number of rotatable bonds is 5. The van der Waals surface area contributed by atoms with Gasteiger partial charge in [-0.2, -0.15) is 0 Å². The third-order valence-corrected chi connectivity index (χ3v) is 3.82. The molecule has 122 valence electrons. The van der Waals surface area contributed by atoms with Gasteiger partial charge in [-0.3, -0.25) is 9.59 Å². The fraction of sp³-hybridized carbons (Fsp3) is 0.200. The molecule has 3 aromatic rings. The summed E-state index contributed by atoms with van der Waals surface area (Å²) >= 11 is 0. The normalized spacial score (nSPS) is 10.8. The number of ketones is 1. The first-order valence-corrected chi connectivity index (χ1v) is 7.87. The first-order chi connectivity index (χ1) is 11.6. The highest BCUT2D eigenvalue weighted by Gasteiger charge is 2.23. The number of carbonyl (C=O) groups excluding carboxylic acids is 2. The van der Waals surface area contributed by atoms with E-state index in [1.54, 1.807) is 31.2 Å². The van der Waals surface area contributed by atoms with Crippen LogP contribution in [0.2, 0.25) is 0 Å². The molecule has 0 aliphatic heterocycles. The number of hydrogen-bond acceptors (Lipinski definition) is 4. The molecule has 4 nitrogen and oxygen atoms in total. The molecule has 0 saturated heterocycles. The molecule has 0 spiro atoms. The van der Waals surface area contributed by atoms with Crippen molar-refractivity contribution in [3.63, 3.8) is 0 Å². The summed E-state index contributed by atoms with van der Waals surface area (Å²) in [6.07, 6.45) is 0.0117. The predicted octanol–water partition coefficient (Wildman–Crippen LogP) is 4.08. The zero-order valence-electron chi connectivity index (χ0n) is 13.7. The van der Waals surface area contributed by atoms with E-state index in [2.05, 4.69) is 0 Å². The van der Waals surface area contributed by atoms with Crippen LogP contribution < -0.4 is 0 Å². The highest BCUT2D eigenvalue weighted by molar-refractivity contribution is 6.11. The first kappa shape index (κ1) is 16.0. The molecule has 0 aliphatic carbocycles. The van der Waals surface area contributed by atoms with Gasteiger partial charge in [0.25, 0.3) is 0 Å². The van der Waals surface area contributed by atoms with E-state index >= 15 is 0 Å². The van der Waals surface area contributed by atoms with Gasteiger partial charge in [-0.25, -0.2) is 0 Å². The first-order valence-electron chi connectivity index (χ1n) is 7.87. The molecule has 0 unspecified atom stereocenters. The Morgan fingerprint density at radius 1 is 1.08 bits per heavy atom. The molecule has 0 radical (unpaired) electrons. The third-order valence-electron chi connectivity index (χ3n) is 3.82. The van der Waals surface area contributed by atoms with E-state index in [1.165, 1.54) is 0 Å². The summed E-state index contributed by atoms with van der Waals surface area (Å²) in [5, 5.41) is 0.771. The molecule has 0 fully saturated rings. The summed E-state index contributed by atoms with van der Waals surface area (Å²) < 4.78 is 10.9. The molecule has 2 aromatic carbocycles. The molecule has 0 bridgehead atoms. The average Bonchev–Trinajstić information content (AvgIpc) is 2.92. The van der Waals surface area contributed by atoms with E-state index in [4.69, 9.17) is 9.15 Å². The Hall–Kier alpha value is -2.88. The van der Waals surface area contributed by atoms with Gasteiger partial charge in [0, 0.05) is 16.5 Å². The number of aryl methyl sites for hydroxylation is 1. The maximum Gasteiger partial charge on any atom is 0.310 e. The van der Waals surface area contributed by atoms with Gasteiger partial charge < -0.3 is 9.15 Å². The fourth-order valence-electron chi connectivity index (χ4n) is 2.69. The molecule has 0 amide bonds. The highest BCUT2D eigenvalue weighted by atomic mass is 16.5. The van der Waals surface area contributed by atoms with Crippen LogP contribution in [-0.4, -0.2) is 18.4 Å². The minimum atomic E-state index is -0.372. The number of esters is 1. The van der Waals surface area contributed by atoms with Gasteiger partial charge in [0.2, 0.25) is 5.78 Å². The lowest BCUT2D eigenvalue weighted by molar-refractivity contribution is -0.142. The zero-order valence-corrected chi connectivity index (χ0v) is 13.7. The van der Waals surface area contributed by atoms with Gasteiger partial charge in [-0.05, 0) is 25.5 Å². The molecule has 0 saturated carbocycles. The Balaban J connectivity index is 2.11. The molecule has 3 rings (SSSR count). The van der Waals surface area contributed by atoms with Crippen molar-refractivity contribution in [2.75, 3.05) is 6.61 Å².